The minimum atomic E-state index is -0.243. The summed E-state index contributed by atoms with van der Waals surface area (Å²) < 4.78 is 0. The van der Waals surface area contributed by atoms with Crippen LogP contribution in [0.1, 0.15) is 53.9 Å². The van der Waals surface area contributed by atoms with E-state index in [2.05, 4.69) is 44.8 Å². The van der Waals surface area contributed by atoms with Gasteiger partial charge < -0.3 is 10.2 Å². The lowest BCUT2D eigenvalue weighted by Gasteiger charge is -2.41. The molecule has 0 spiro atoms. The zero-order valence-electron chi connectivity index (χ0n) is 12.8. The molecule has 18 heavy (non-hydrogen) atoms. The molecule has 3 nitrogen and oxygen atoms in total. The molecule has 1 aliphatic rings. The van der Waals surface area contributed by atoms with Gasteiger partial charge in [-0.25, -0.2) is 0 Å². The zero-order chi connectivity index (χ0) is 13.8. The molecule has 2 atom stereocenters. The standard InChI is InChI=1S/C15H30N2O/c1-6-12(3)17(7-2)14(18)15(4,5)13-9-8-10-16-11-13/h12-13,16H,6-11H2,1-5H3. The van der Waals surface area contributed by atoms with Gasteiger partial charge in [0.2, 0.25) is 5.91 Å². The van der Waals surface area contributed by atoms with Crippen LogP contribution in [0.3, 0.4) is 0 Å². The molecular formula is C15H30N2O. The molecule has 1 saturated heterocycles. The topological polar surface area (TPSA) is 32.3 Å². The molecule has 0 saturated carbocycles. The number of hydrogen-bond acceptors (Lipinski definition) is 2. The van der Waals surface area contributed by atoms with Crippen molar-refractivity contribution in [3.63, 3.8) is 0 Å². The predicted octanol–water partition coefficient (Wildman–Crippen LogP) is 2.66. The third kappa shape index (κ3) is 3.25. The SMILES string of the molecule is CCC(C)N(CC)C(=O)C(C)(C)C1CCCNC1. The molecule has 0 aromatic rings. The Kier molecular flexibility index (Phi) is 5.64. The van der Waals surface area contributed by atoms with Gasteiger partial charge in [-0.1, -0.05) is 20.8 Å². The van der Waals surface area contributed by atoms with E-state index in [1.807, 2.05) is 0 Å². The van der Waals surface area contributed by atoms with Crippen molar-refractivity contribution in [2.75, 3.05) is 19.6 Å². The highest BCUT2D eigenvalue weighted by molar-refractivity contribution is 5.82. The van der Waals surface area contributed by atoms with Crippen LogP contribution in [-0.2, 0) is 4.79 Å². The van der Waals surface area contributed by atoms with Crippen molar-refractivity contribution in [3.8, 4) is 0 Å². The number of nitrogens with zero attached hydrogens (tertiary/aromatic N) is 1. The molecule has 1 aliphatic heterocycles. The number of nitrogens with one attached hydrogen (secondary N) is 1. The van der Waals surface area contributed by atoms with Crippen molar-refractivity contribution < 1.29 is 4.79 Å². The van der Waals surface area contributed by atoms with Crippen LogP contribution < -0.4 is 5.32 Å². The Morgan fingerprint density at radius 1 is 1.44 bits per heavy atom. The largest absolute Gasteiger partial charge is 0.340 e. The van der Waals surface area contributed by atoms with Crippen LogP contribution in [0, 0.1) is 11.3 Å². The van der Waals surface area contributed by atoms with Crippen LogP contribution in [0.5, 0.6) is 0 Å². The highest BCUT2D eigenvalue weighted by atomic mass is 16.2. The van der Waals surface area contributed by atoms with Gasteiger partial charge in [-0.2, -0.15) is 0 Å². The summed E-state index contributed by atoms with van der Waals surface area (Å²) in [6.45, 7) is 13.5. The quantitative estimate of drug-likeness (QED) is 0.818. The van der Waals surface area contributed by atoms with Crippen molar-refractivity contribution in [3.05, 3.63) is 0 Å². The van der Waals surface area contributed by atoms with E-state index in [0.717, 1.165) is 26.1 Å². The third-order valence-electron chi connectivity index (χ3n) is 4.59. The number of piperidine rings is 1. The Hall–Kier alpha value is -0.570. The van der Waals surface area contributed by atoms with E-state index < -0.39 is 0 Å². The Bertz CT molecular complexity index is 270. The smallest absolute Gasteiger partial charge is 0.228 e. The van der Waals surface area contributed by atoms with Crippen LogP contribution in [0.4, 0.5) is 0 Å². The van der Waals surface area contributed by atoms with Gasteiger partial charge >= 0.3 is 0 Å². The predicted molar refractivity (Wildman–Crippen MR) is 76.5 cm³/mol. The van der Waals surface area contributed by atoms with Gasteiger partial charge in [0.1, 0.15) is 0 Å². The number of rotatable bonds is 5. The van der Waals surface area contributed by atoms with Gasteiger partial charge in [0, 0.05) is 18.0 Å². The summed E-state index contributed by atoms with van der Waals surface area (Å²) in [6, 6.07) is 0.346. The first kappa shape index (κ1) is 15.5. The monoisotopic (exact) mass is 254 g/mol. The molecule has 2 unspecified atom stereocenters. The Morgan fingerprint density at radius 3 is 2.56 bits per heavy atom. The maximum Gasteiger partial charge on any atom is 0.228 e. The minimum absolute atomic E-state index is 0.243. The van der Waals surface area contributed by atoms with Crippen LogP contribution in [-0.4, -0.2) is 36.5 Å². The first-order valence-corrected chi connectivity index (χ1v) is 7.46. The summed E-state index contributed by atoms with van der Waals surface area (Å²) in [5.41, 5.74) is -0.243. The molecule has 106 valence electrons. The number of amides is 1. The van der Waals surface area contributed by atoms with E-state index in [-0.39, 0.29) is 5.41 Å². The van der Waals surface area contributed by atoms with Gasteiger partial charge in [-0.3, -0.25) is 4.79 Å². The molecule has 0 aromatic carbocycles. The summed E-state index contributed by atoms with van der Waals surface area (Å²) in [6.07, 6.45) is 3.39. The van der Waals surface area contributed by atoms with Gasteiger partial charge in [0.15, 0.2) is 0 Å². The number of hydrogen-bond donors (Lipinski definition) is 1. The molecule has 0 bridgehead atoms. The van der Waals surface area contributed by atoms with Gasteiger partial charge in [-0.05, 0) is 52.1 Å². The van der Waals surface area contributed by atoms with Crippen LogP contribution in [0.2, 0.25) is 0 Å². The van der Waals surface area contributed by atoms with Crippen LogP contribution >= 0.6 is 0 Å². The summed E-state index contributed by atoms with van der Waals surface area (Å²) in [5.74, 6) is 0.796. The maximum absolute atomic E-state index is 12.8. The van der Waals surface area contributed by atoms with Gasteiger partial charge in [0.25, 0.3) is 0 Å². The number of carbonyl (C=O) groups excluding carboxylic acids is 1. The molecule has 0 aliphatic carbocycles. The summed E-state index contributed by atoms with van der Waals surface area (Å²) in [4.78, 5) is 14.8. The second-order valence-electron chi connectivity index (χ2n) is 6.11. The molecular weight excluding hydrogens is 224 g/mol. The van der Waals surface area contributed by atoms with Crippen molar-refractivity contribution in [1.82, 2.24) is 10.2 Å². The van der Waals surface area contributed by atoms with Crippen molar-refractivity contribution >= 4 is 5.91 Å². The van der Waals surface area contributed by atoms with Gasteiger partial charge in [-0.15, -0.1) is 0 Å². The fraction of sp³-hybridized carbons (Fsp3) is 0.933. The molecule has 0 aromatic heterocycles. The number of carbonyl (C=O) groups is 1. The zero-order valence-corrected chi connectivity index (χ0v) is 12.8. The second kappa shape index (κ2) is 6.55. The molecule has 1 rings (SSSR count). The average molecular weight is 254 g/mol. The van der Waals surface area contributed by atoms with E-state index in [4.69, 9.17) is 0 Å². The summed E-state index contributed by atoms with van der Waals surface area (Å²) in [7, 11) is 0. The van der Waals surface area contributed by atoms with Crippen LogP contribution in [0.15, 0.2) is 0 Å². The Morgan fingerprint density at radius 2 is 2.11 bits per heavy atom. The fourth-order valence-electron chi connectivity index (χ4n) is 2.89. The van der Waals surface area contributed by atoms with Crippen molar-refractivity contribution in [1.29, 1.82) is 0 Å². The molecule has 0 radical (unpaired) electrons. The normalized spacial score (nSPS) is 22.6. The van der Waals surface area contributed by atoms with Crippen molar-refractivity contribution in [2.45, 2.75) is 59.9 Å². The molecule has 1 heterocycles. The molecule has 3 heteroatoms. The molecule has 1 amide bonds. The Balaban J connectivity index is 2.78. The minimum Gasteiger partial charge on any atom is -0.340 e. The third-order valence-corrected chi connectivity index (χ3v) is 4.59. The summed E-state index contributed by atoms with van der Waals surface area (Å²) in [5, 5.41) is 3.43. The Labute approximate surface area is 112 Å². The lowest BCUT2D eigenvalue weighted by Crippen LogP contribution is -2.51. The van der Waals surface area contributed by atoms with E-state index >= 15 is 0 Å². The fourth-order valence-corrected chi connectivity index (χ4v) is 2.89. The van der Waals surface area contributed by atoms with Crippen molar-refractivity contribution in [2.24, 2.45) is 11.3 Å². The highest BCUT2D eigenvalue weighted by Crippen LogP contribution is 2.34. The first-order chi connectivity index (χ1) is 8.45. The lowest BCUT2D eigenvalue weighted by atomic mass is 9.73. The van der Waals surface area contributed by atoms with E-state index in [9.17, 15) is 4.79 Å². The summed E-state index contributed by atoms with van der Waals surface area (Å²) >= 11 is 0. The second-order valence-corrected chi connectivity index (χ2v) is 6.11. The first-order valence-electron chi connectivity index (χ1n) is 7.46. The maximum atomic E-state index is 12.8. The van der Waals surface area contributed by atoms with E-state index in [1.165, 1.54) is 12.8 Å². The highest BCUT2D eigenvalue weighted by Gasteiger charge is 2.40. The van der Waals surface area contributed by atoms with Crippen LogP contribution in [0.25, 0.3) is 0 Å². The average Bonchev–Trinajstić information content (AvgIpc) is 2.40. The van der Waals surface area contributed by atoms with E-state index in [0.29, 0.717) is 17.9 Å². The van der Waals surface area contributed by atoms with E-state index in [1.54, 1.807) is 0 Å². The lowest BCUT2D eigenvalue weighted by molar-refractivity contribution is -0.145. The van der Waals surface area contributed by atoms with Gasteiger partial charge in [0.05, 0.1) is 0 Å². The molecule has 1 N–H and O–H groups in total. The molecule has 1 fully saturated rings.